The summed E-state index contributed by atoms with van der Waals surface area (Å²) >= 11 is 1.44. The molecule has 0 aliphatic heterocycles. The van der Waals surface area contributed by atoms with E-state index in [0.717, 1.165) is 22.5 Å². The number of rotatable bonds is 4. The van der Waals surface area contributed by atoms with Crippen molar-refractivity contribution in [2.45, 2.75) is 26.3 Å². The van der Waals surface area contributed by atoms with E-state index in [4.69, 9.17) is 0 Å². The van der Waals surface area contributed by atoms with Gasteiger partial charge in [0.2, 0.25) is 0 Å². The van der Waals surface area contributed by atoms with E-state index in [1.165, 1.54) is 16.4 Å². The van der Waals surface area contributed by atoms with Gasteiger partial charge >= 0.3 is 0 Å². The van der Waals surface area contributed by atoms with Crippen LogP contribution in [-0.4, -0.2) is 19.6 Å². The molecule has 3 aromatic rings. The number of H-pyrrole nitrogens is 1. The normalized spacial score (nSPS) is 11.3. The lowest BCUT2D eigenvalue weighted by atomic mass is 10.1. The summed E-state index contributed by atoms with van der Waals surface area (Å²) in [5.74, 6) is 1.26. The highest BCUT2D eigenvalue weighted by Crippen LogP contribution is 2.21. The summed E-state index contributed by atoms with van der Waals surface area (Å²) in [5.41, 5.74) is 1.97. The van der Waals surface area contributed by atoms with E-state index in [0.29, 0.717) is 12.5 Å². The van der Waals surface area contributed by atoms with Crippen LogP contribution in [0.15, 0.2) is 24.4 Å². The van der Waals surface area contributed by atoms with Gasteiger partial charge in [0.25, 0.3) is 0 Å². The van der Waals surface area contributed by atoms with Crippen LogP contribution in [-0.2, 0) is 6.54 Å². The van der Waals surface area contributed by atoms with Crippen molar-refractivity contribution in [2.24, 2.45) is 0 Å². The Bertz CT molecular complexity index is 685. The van der Waals surface area contributed by atoms with Gasteiger partial charge in [-0.3, -0.25) is 0 Å². The van der Waals surface area contributed by atoms with Crippen molar-refractivity contribution in [3.8, 4) is 0 Å². The van der Waals surface area contributed by atoms with E-state index >= 15 is 0 Å². The highest BCUT2D eigenvalue weighted by molar-refractivity contribution is 7.05. The zero-order valence-electron chi connectivity index (χ0n) is 10.8. The Morgan fingerprint density at radius 2 is 2.21 bits per heavy atom. The minimum Gasteiger partial charge on any atom is -0.365 e. The summed E-state index contributed by atoms with van der Waals surface area (Å²) < 4.78 is 4.02. The van der Waals surface area contributed by atoms with Crippen LogP contribution in [0.2, 0.25) is 0 Å². The molecule has 0 radical (unpaired) electrons. The largest absolute Gasteiger partial charge is 0.365 e. The fourth-order valence-corrected chi connectivity index (χ4v) is 2.71. The maximum Gasteiger partial charge on any atom is 0.139 e. The molecule has 0 saturated carbocycles. The molecule has 3 aromatic heterocycles. The Kier molecular flexibility index (Phi) is 3.16. The Labute approximate surface area is 115 Å². The smallest absolute Gasteiger partial charge is 0.139 e. The Morgan fingerprint density at radius 3 is 3.05 bits per heavy atom. The van der Waals surface area contributed by atoms with Crippen molar-refractivity contribution in [3.05, 3.63) is 35.0 Å². The van der Waals surface area contributed by atoms with Crippen molar-refractivity contribution in [1.29, 1.82) is 0 Å². The summed E-state index contributed by atoms with van der Waals surface area (Å²) in [4.78, 5) is 8.79. The lowest BCUT2D eigenvalue weighted by Crippen LogP contribution is -2.03. The van der Waals surface area contributed by atoms with Crippen molar-refractivity contribution in [1.82, 2.24) is 19.6 Å². The topological polar surface area (TPSA) is 66.5 Å². The minimum absolute atomic E-state index is 0.398. The SMILES string of the molecule is CC(C)c1nnsc1CNc1ccc2cc[nH]c2n1. The number of fused-ring (bicyclic) bond motifs is 1. The summed E-state index contributed by atoms with van der Waals surface area (Å²) in [5, 5.41) is 8.61. The summed E-state index contributed by atoms with van der Waals surface area (Å²) in [7, 11) is 0. The van der Waals surface area contributed by atoms with Crippen LogP contribution in [0, 0.1) is 0 Å². The second kappa shape index (κ2) is 4.97. The zero-order chi connectivity index (χ0) is 13.2. The first kappa shape index (κ1) is 12.1. The molecule has 0 fully saturated rings. The molecular weight excluding hydrogens is 258 g/mol. The van der Waals surface area contributed by atoms with Gasteiger partial charge in [-0.15, -0.1) is 5.10 Å². The number of aromatic nitrogens is 4. The molecule has 0 spiro atoms. The molecule has 0 bridgehead atoms. The van der Waals surface area contributed by atoms with Gasteiger partial charge in [-0.25, -0.2) is 4.98 Å². The van der Waals surface area contributed by atoms with Crippen LogP contribution < -0.4 is 5.32 Å². The molecule has 0 aliphatic rings. The molecule has 0 atom stereocenters. The molecule has 98 valence electrons. The first-order valence-electron chi connectivity index (χ1n) is 6.23. The van der Waals surface area contributed by atoms with Crippen LogP contribution >= 0.6 is 11.5 Å². The van der Waals surface area contributed by atoms with Gasteiger partial charge in [-0.2, -0.15) is 0 Å². The van der Waals surface area contributed by atoms with E-state index in [1.807, 2.05) is 18.3 Å². The van der Waals surface area contributed by atoms with Crippen LogP contribution in [0.1, 0.15) is 30.3 Å². The van der Waals surface area contributed by atoms with Crippen LogP contribution in [0.3, 0.4) is 0 Å². The summed E-state index contributed by atoms with van der Waals surface area (Å²) in [6.07, 6.45) is 1.89. The Balaban J connectivity index is 1.76. The van der Waals surface area contributed by atoms with Crippen molar-refractivity contribution < 1.29 is 0 Å². The quantitative estimate of drug-likeness (QED) is 0.766. The van der Waals surface area contributed by atoms with Crippen LogP contribution in [0.5, 0.6) is 0 Å². The van der Waals surface area contributed by atoms with Crippen LogP contribution in [0.25, 0.3) is 11.0 Å². The second-order valence-electron chi connectivity index (χ2n) is 4.70. The Hall–Kier alpha value is -1.95. The maximum atomic E-state index is 4.51. The highest BCUT2D eigenvalue weighted by Gasteiger charge is 2.11. The van der Waals surface area contributed by atoms with E-state index in [1.54, 1.807) is 0 Å². The summed E-state index contributed by atoms with van der Waals surface area (Å²) in [6.45, 7) is 4.97. The Morgan fingerprint density at radius 1 is 1.32 bits per heavy atom. The fourth-order valence-electron chi connectivity index (χ4n) is 1.98. The average molecular weight is 273 g/mol. The van der Waals surface area contributed by atoms with Gasteiger partial charge in [0, 0.05) is 11.6 Å². The molecule has 0 saturated heterocycles. The number of nitrogens with zero attached hydrogens (tertiary/aromatic N) is 3. The summed E-state index contributed by atoms with van der Waals surface area (Å²) in [6, 6.07) is 6.05. The molecule has 0 aliphatic carbocycles. The van der Waals surface area contributed by atoms with Crippen LogP contribution in [0.4, 0.5) is 5.82 Å². The van der Waals surface area contributed by atoms with Gasteiger partial charge in [0.1, 0.15) is 11.5 Å². The first-order chi connectivity index (χ1) is 9.24. The number of anilines is 1. The molecular formula is C13H15N5S. The highest BCUT2D eigenvalue weighted by atomic mass is 32.1. The predicted molar refractivity (Wildman–Crippen MR) is 77.4 cm³/mol. The predicted octanol–water partition coefficient (Wildman–Crippen LogP) is 3.15. The van der Waals surface area contributed by atoms with E-state index in [9.17, 15) is 0 Å². The molecule has 5 nitrogen and oxygen atoms in total. The molecule has 3 heterocycles. The van der Waals surface area contributed by atoms with Gasteiger partial charge in [-0.05, 0) is 35.6 Å². The lowest BCUT2D eigenvalue weighted by molar-refractivity contribution is 0.798. The zero-order valence-corrected chi connectivity index (χ0v) is 11.7. The fraction of sp³-hybridized carbons (Fsp3) is 0.308. The molecule has 0 aromatic carbocycles. The van der Waals surface area contributed by atoms with E-state index < -0.39 is 0 Å². The second-order valence-corrected chi connectivity index (χ2v) is 5.54. The molecule has 2 N–H and O–H groups in total. The maximum absolute atomic E-state index is 4.51. The number of hydrogen-bond acceptors (Lipinski definition) is 5. The molecule has 0 amide bonds. The van der Waals surface area contributed by atoms with Crippen molar-refractivity contribution in [2.75, 3.05) is 5.32 Å². The van der Waals surface area contributed by atoms with Gasteiger partial charge in [0.05, 0.1) is 17.1 Å². The molecule has 19 heavy (non-hydrogen) atoms. The average Bonchev–Trinajstić information content (AvgIpc) is 3.04. The van der Waals surface area contributed by atoms with E-state index in [-0.39, 0.29) is 0 Å². The van der Waals surface area contributed by atoms with E-state index in [2.05, 4.69) is 44.8 Å². The standard InChI is InChI=1S/C13H15N5S/c1-8(2)12-10(19-18-17-12)7-15-11-4-3-9-5-6-14-13(9)16-11/h3-6,8H,7H2,1-2H3,(H2,14,15,16). The molecule has 3 rings (SSSR count). The van der Waals surface area contributed by atoms with Gasteiger partial charge in [0.15, 0.2) is 0 Å². The van der Waals surface area contributed by atoms with Gasteiger partial charge < -0.3 is 10.3 Å². The minimum atomic E-state index is 0.398. The number of nitrogens with one attached hydrogen (secondary N) is 2. The third-order valence-corrected chi connectivity index (χ3v) is 3.71. The lowest BCUT2D eigenvalue weighted by Gasteiger charge is -2.06. The van der Waals surface area contributed by atoms with Gasteiger partial charge in [-0.1, -0.05) is 18.3 Å². The third-order valence-electron chi connectivity index (χ3n) is 2.97. The van der Waals surface area contributed by atoms with Crippen molar-refractivity contribution >= 4 is 28.4 Å². The number of aromatic amines is 1. The molecule has 6 heteroatoms. The monoisotopic (exact) mass is 273 g/mol. The van der Waals surface area contributed by atoms with Crippen molar-refractivity contribution in [3.63, 3.8) is 0 Å². The third kappa shape index (κ3) is 2.44. The number of hydrogen-bond donors (Lipinski definition) is 2. The molecule has 0 unspecified atom stereocenters. The first-order valence-corrected chi connectivity index (χ1v) is 7.00. The number of pyridine rings is 1.